The first-order valence-corrected chi connectivity index (χ1v) is 6.31. The van der Waals surface area contributed by atoms with Gasteiger partial charge >= 0.3 is 6.18 Å². The monoisotopic (exact) mass is 366 g/mol. The van der Waals surface area contributed by atoms with Gasteiger partial charge < -0.3 is 5.32 Å². The maximum Gasteiger partial charge on any atom is 0.419 e. The zero-order valence-electron chi connectivity index (χ0n) is 11.5. The smallest absolute Gasteiger partial charge is 0.314 e. The molecule has 0 radical (unpaired) electrons. The minimum Gasteiger partial charge on any atom is -0.314 e. The Labute approximate surface area is 137 Å². The van der Waals surface area contributed by atoms with Crippen LogP contribution < -0.4 is 5.32 Å². The lowest BCUT2D eigenvalue weighted by molar-refractivity contribution is -0.140. The van der Waals surface area contributed by atoms with Crippen LogP contribution in [0.1, 0.15) is 17.2 Å². The maximum atomic E-state index is 13.5. The topological polar surface area (TPSA) is 15.3 Å². The highest BCUT2D eigenvalue weighted by atomic mass is 35.5. The Morgan fingerprint density at radius 1 is 1.14 bits per heavy atom. The van der Waals surface area contributed by atoms with Gasteiger partial charge in [0.05, 0.1) is 11.6 Å². The lowest BCUT2D eigenvalue weighted by Crippen LogP contribution is -2.45. The highest BCUT2D eigenvalue weighted by Crippen LogP contribution is 2.33. The van der Waals surface area contributed by atoms with Crippen LogP contribution in [-0.2, 0) is 6.18 Å². The summed E-state index contributed by atoms with van der Waals surface area (Å²) in [6, 6.07) is 1.91. The summed E-state index contributed by atoms with van der Waals surface area (Å²) in [7, 11) is 0. The first-order chi connectivity index (χ1) is 9.43. The molecule has 0 aromatic heterocycles. The fourth-order valence-corrected chi connectivity index (χ4v) is 2.36. The van der Waals surface area contributed by atoms with Crippen molar-refractivity contribution in [2.24, 2.45) is 0 Å². The fourth-order valence-electron chi connectivity index (χ4n) is 2.36. The minimum atomic E-state index is -4.73. The first-order valence-electron chi connectivity index (χ1n) is 6.31. The van der Waals surface area contributed by atoms with Crippen molar-refractivity contribution in [2.45, 2.75) is 12.2 Å². The second-order valence-corrected chi connectivity index (χ2v) is 4.69. The molecule has 1 fully saturated rings. The van der Waals surface area contributed by atoms with Crippen LogP contribution >= 0.6 is 24.8 Å². The number of nitrogens with zero attached hydrogens (tertiary/aromatic N) is 1. The Morgan fingerprint density at radius 3 is 2.18 bits per heavy atom. The molecule has 2 rings (SSSR count). The van der Waals surface area contributed by atoms with Gasteiger partial charge in [0.1, 0.15) is 12.5 Å². The predicted molar refractivity (Wildman–Crippen MR) is 79.1 cm³/mol. The van der Waals surface area contributed by atoms with Crippen molar-refractivity contribution in [3.8, 4) is 0 Å². The number of hydrogen-bond acceptors (Lipinski definition) is 2. The summed E-state index contributed by atoms with van der Waals surface area (Å²) in [6.07, 6.45) is -4.73. The van der Waals surface area contributed by atoms with E-state index in [1.54, 1.807) is 4.90 Å². The van der Waals surface area contributed by atoms with Gasteiger partial charge in [0.15, 0.2) is 0 Å². The molecule has 1 aliphatic rings. The van der Waals surface area contributed by atoms with Crippen molar-refractivity contribution in [1.82, 2.24) is 10.2 Å². The van der Waals surface area contributed by atoms with E-state index in [9.17, 15) is 22.0 Å². The summed E-state index contributed by atoms with van der Waals surface area (Å²) in [4.78, 5) is 1.80. The second-order valence-electron chi connectivity index (χ2n) is 4.69. The molecular formula is C13H17Cl2F5N2. The molecular weight excluding hydrogens is 350 g/mol. The van der Waals surface area contributed by atoms with E-state index in [-0.39, 0.29) is 30.4 Å². The lowest BCUT2D eigenvalue weighted by Gasteiger charge is -2.33. The Bertz CT molecular complexity index is 464. The van der Waals surface area contributed by atoms with Crippen molar-refractivity contribution >= 4 is 24.8 Å². The Hall–Kier alpha value is -0.630. The normalized spacial score (nSPS) is 17.3. The minimum absolute atomic E-state index is 0. The van der Waals surface area contributed by atoms with Gasteiger partial charge in [-0.3, -0.25) is 4.90 Å². The molecule has 1 aromatic rings. The van der Waals surface area contributed by atoms with E-state index >= 15 is 0 Å². The van der Waals surface area contributed by atoms with Crippen molar-refractivity contribution in [2.75, 3.05) is 32.9 Å². The number of piperazine rings is 1. The largest absolute Gasteiger partial charge is 0.419 e. The third-order valence-corrected chi connectivity index (χ3v) is 3.42. The van der Waals surface area contributed by atoms with Gasteiger partial charge in [0.25, 0.3) is 0 Å². The molecule has 9 heteroatoms. The molecule has 1 heterocycles. The molecule has 0 spiro atoms. The Balaban J connectivity index is 0.00000220. The third kappa shape index (κ3) is 4.94. The second kappa shape index (κ2) is 8.86. The van der Waals surface area contributed by atoms with Gasteiger partial charge in [-0.1, -0.05) is 6.07 Å². The summed E-state index contributed by atoms with van der Waals surface area (Å²) in [6.45, 7) is 1.76. The van der Waals surface area contributed by atoms with Crippen molar-refractivity contribution < 1.29 is 22.0 Å². The molecule has 0 bridgehead atoms. The zero-order chi connectivity index (χ0) is 14.8. The molecule has 128 valence electrons. The van der Waals surface area contributed by atoms with Crippen molar-refractivity contribution in [1.29, 1.82) is 0 Å². The van der Waals surface area contributed by atoms with E-state index < -0.39 is 30.3 Å². The molecule has 0 amide bonds. The van der Waals surface area contributed by atoms with E-state index in [0.29, 0.717) is 32.2 Å². The number of hydrogen-bond donors (Lipinski definition) is 1. The zero-order valence-corrected chi connectivity index (χ0v) is 13.1. The van der Waals surface area contributed by atoms with Crippen molar-refractivity contribution in [3.63, 3.8) is 0 Å². The number of benzene rings is 1. The standard InChI is InChI=1S/C13H15F5N2.2ClH/c14-8-12(20-5-3-19-4-6-20)9-1-2-10(11(15)7-9)13(16,17)18;;/h1-2,7,12,19H,3-6,8H2;2*1H/t12-;;/m0../s1. The molecule has 1 aliphatic heterocycles. The molecule has 22 heavy (non-hydrogen) atoms. The van der Waals surface area contributed by atoms with Crippen LogP contribution in [0.3, 0.4) is 0 Å². The van der Waals surface area contributed by atoms with E-state index in [4.69, 9.17) is 0 Å². The van der Waals surface area contributed by atoms with Crippen LogP contribution in [0.15, 0.2) is 18.2 Å². The summed E-state index contributed by atoms with van der Waals surface area (Å²) >= 11 is 0. The van der Waals surface area contributed by atoms with Gasteiger partial charge in [0.2, 0.25) is 0 Å². The van der Waals surface area contributed by atoms with E-state index in [0.717, 1.165) is 12.1 Å². The molecule has 1 N–H and O–H groups in total. The summed E-state index contributed by atoms with van der Waals surface area (Å²) < 4.78 is 64.2. The number of rotatable bonds is 3. The molecule has 1 saturated heterocycles. The van der Waals surface area contributed by atoms with E-state index in [1.165, 1.54) is 0 Å². The van der Waals surface area contributed by atoms with Crippen LogP contribution in [0.25, 0.3) is 0 Å². The summed E-state index contributed by atoms with van der Waals surface area (Å²) in [5.74, 6) is -1.36. The average molecular weight is 367 g/mol. The highest BCUT2D eigenvalue weighted by Gasteiger charge is 2.34. The number of halogens is 7. The van der Waals surface area contributed by atoms with Gasteiger partial charge in [0, 0.05) is 26.2 Å². The summed E-state index contributed by atoms with van der Waals surface area (Å²) in [5.41, 5.74) is -1.08. The van der Waals surface area contributed by atoms with Gasteiger partial charge in [-0.15, -0.1) is 24.8 Å². The highest BCUT2D eigenvalue weighted by molar-refractivity contribution is 5.85. The number of nitrogens with one attached hydrogen (secondary N) is 1. The quantitative estimate of drug-likeness (QED) is 0.822. The maximum absolute atomic E-state index is 13.5. The third-order valence-electron chi connectivity index (χ3n) is 3.42. The van der Waals surface area contributed by atoms with Crippen LogP contribution in [0, 0.1) is 5.82 Å². The Morgan fingerprint density at radius 2 is 1.73 bits per heavy atom. The molecule has 2 nitrogen and oxygen atoms in total. The first kappa shape index (κ1) is 21.4. The van der Waals surface area contributed by atoms with Crippen LogP contribution in [0.5, 0.6) is 0 Å². The Kier molecular flexibility index (Phi) is 8.61. The average Bonchev–Trinajstić information content (AvgIpc) is 2.39. The summed E-state index contributed by atoms with van der Waals surface area (Å²) in [5, 5.41) is 3.10. The van der Waals surface area contributed by atoms with Crippen molar-refractivity contribution in [3.05, 3.63) is 35.1 Å². The number of alkyl halides is 4. The fraction of sp³-hybridized carbons (Fsp3) is 0.538. The van der Waals surface area contributed by atoms with Gasteiger partial charge in [-0.25, -0.2) is 8.78 Å². The molecule has 0 aliphatic carbocycles. The van der Waals surface area contributed by atoms with Gasteiger partial charge in [-0.05, 0) is 17.7 Å². The molecule has 0 unspecified atom stereocenters. The van der Waals surface area contributed by atoms with E-state index in [2.05, 4.69) is 5.32 Å². The van der Waals surface area contributed by atoms with Crippen LogP contribution in [0.4, 0.5) is 22.0 Å². The predicted octanol–water partition coefficient (Wildman–Crippen LogP) is 3.60. The van der Waals surface area contributed by atoms with Crippen LogP contribution in [-0.4, -0.2) is 37.8 Å². The molecule has 0 saturated carbocycles. The SMILES string of the molecule is Cl.Cl.FC[C@@H](c1ccc(C(F)(F)F)c(F)c1)N1CCNCC1. The van der Waals surface area contributed by atoms with E-state index in [1.807, 2.05) is 0 Å². The molecule has 1 atom stereocenters. The lowest BCUT2D eigenvalue weighted by atomic mass is 10.0. The molecule has 1 aromatic carbocycles. The van der Waals surface area contributed by atoms with Gasteiger partial charge in [-0.2, -0.15) is 13.2 Å². The van der Waals surface area contributed by atoms with Crippen LogP contribution in [0.2, 0.25) is 0 Å².